The zero-order valence-corrected chi connectivity index (χ0v) is 8.31. The van der Waals surface area contributed by atoms with Crippen LogP contribution < -0.4 is 0 Å². The highest BCUT2D eigenvalue weighted by molar-refractivity contribution is 6.63. The predicted octanol–water partition coefficient (Wildman–Crippen LogP) is 2.62. The summed E-state index contributed by atoms with van der Waals surface area (Å²) >= 11 is 10.8. The van der Waals surface area contributed by atoms with E-state index in [1.807, 2.05) is 12.1 Å². The molecule has 1 rings (SSSR count). The van der Waals surface area contributed by atoms with Crippen LogP contribution in [0.5, 0.6) is 0 Å². The topological polar surface area (TPSA) is 26.3 Å². The van der Waals surface area contributed by atoms with Crippen LogP contribution in [0, 0.1) is 0 Å². The Morgan fingerprint density at radius 3 is 2.46 bits per heavy atom. The van der Waals surface area contributed by atoms with Crippen molar-refractivity contribution in [1.29, 1.82) is 0 Å². The van der Waals surface area contributed by atoms with E-state index in [2.05, 4.69) is 0 Å². The predicted molar refractivity (Wildman–Crippen MR) is 52.0 cm³/mol. The zero-order valence-electron chi connectivity index (χ0n) is 6.80. The second kappa shape index (κ2) is 5.22. The molecular formula is C9H8Cl2O2. The summed E-state index contributed by atoms with van der Waals surface area (Å²) in [5.41, 5.74) is 0.960. The van der Waals surface area contributed by atoms with Crippen LogP contribution in [0.3, 0.4) is 0 Å². The van der Waals surface area contributed by atoms with Crippen molar-refractivity contribution in [2.24, 2.45) is 0 Å². The summed E-state index contributed by atoms with van der Waals surface area (Å²) in [4.78, 5) is 10.3. The number of carbonyl (C=O) groups excluding carboxylic acids is 1. The number of ether oxygens (including phenoxy) is 1. The third-order valence-electron chi connectivity index (χ3n) is 1.40. The van der Waals surface area contributed by atoms with Gasteiger partial charge in [0.25, 0.3) is 0 Å². The summed E-state index contributed by atoms with van der Waals surface area (Å²) in [5, 5.41) is 0.186. The van der Waals surface area contributed by atoms with Crippen molar-refractivity contribution in [3.8, 4) is 0 Å². The lowest BCUT2D eigenvalue weighted by atomic mass is 10.2. The van der Waals surface area contributed by atoms with Crippen molar-refractivity contribution in [3.63, 3.8) is 0 Å². The van der Waals surface area contributed by atoms with Gasteiger partial charge in [-0.1, -0.05) is 23.7 Å². The molecule has 0 radical (unpaired) electrons. The van der Waals surface area contributed by atoms with Crippen molar-refractivity contribution in [2.75, 3.05) is 6.61 Å². The standard InChI is InChI=1S/C9H8Cl2O2/c10-8-3-1-7(2-4-8)5-13-6-9(11)12/h1-4H,5-6H2. The van der Waals surface area contributed by atoms with E-state index in [4.69, 9.17) is 27.9 Å². The molecule has 0 N–H and O–H groups in total. The number of hydrogen-bond donors (Lipinski definition) is 0. The molecule has 1 aromatic rings. The molecule has 0 spiro atoms. The molecule has 0 aromatic heterocycles. The van der Waals surface area contributed by atoms with E-state index in [0.29, 0.717) is 11.6 Å². The van der Waals surface area contributed by atoms with Gasteiger partial charge in [0.1, 0.15) is 6.61 Å². The maximum Gasteiger partial charge on any atom is 0.247 e. The van der Waals surface area contributed by atoms with E-state index in [9.17, 15) is 4.79 Å². The Morgan fingerprint density at radius 2 is 1.92 bits per heavy atom. The minimum Gasteiger partial charge on any atom is -0.368 e. The first kappa shape index (κ1) is 10.5. The molecule has 0 amide bonds. The van der Waals surface area contributed by atoms with Crippen LogP contribution in [-0.4, -0.2) is 11.8 Å². The first-order chi connectivity index (χ1) is 6.18. The van der Waals surface area contributed by atoms with Gasteiger partial charge in [0.15, 0.2) is 0 Å². The fourth-order valence-electron chi connectivity index (χ4n) is 0.830. The van der Waals surface area contributed by atoms with Gasteiger partial charge >= 0.3 is 0 Å². The number of benzene rings is 1. The van der Waals surface area contributed by atoms with Crippen LogP contribution in [0.4, 0.5) is 0 Å². The largest absolute Gasteiger partial charge is 0.368 e. The maximum atomic E-state index is 10.3. The van der Waals surface area contributed by atoms with Crippen molar-refractivity contribution in [2.45, 2.75) is 6.61 Å². The van der Waals surface area contributed by atoms with Gasteiger partial charge in [0.05, 0.1) is 6.61 Å². The lowest BCUT2D eigenvalue weighted by molar-refractivity contribution is -0.116. The Hall–Kier alpha value is -0.570. The molecule has 0 heterocycles. The van der Waals surface area contributed by atoms with Gasteiger partial charge in [-0.3, -0.25) is 4.79 Å². The SMILES string of the molecule is O=C(Cl)COCc1ccc(Cl)cc1. The number of rotatable bonds is 4. The van der Waals surface area contributed by atoms with Crippen LogP contribution >= 0.6 is 23.2 Å². The van der Waals surface area contributed by atoms with Gasteiger partial charge in [-0.15, -0.1) is 0 Å². The molecule has 1 aromatic carbocycles. The summed E-state index contributed by atoms with van der Waals surface area (Å²) < 4.78 is 5.00. The highest BCUT2D eigenvalue weighted by Crippen LogP contribution is 2.10. The van der Waals surface area contributed by atoms with Crippen molar-refractivity contribution >= 4 is 28.4 Å². The second-order valence-corrected chi connectivity index (χ2v) is 3.33. The molecule has 0 unspecified atom stereocenters. The molecule has 4 heteroatoms. The van der Waals surface area contributed by atoms with Crippen molar-refractivity contribution in [3.05, 3.63) is 34.9 Å². The lowest BCUT2D eigenvalue weighted by Crippen LogP contribution is -2.01. The summed E-state index contributed by atoms with van der Waals surface area (Å²) in [6, 6.07) is 7.20. The number of carbonyl (C=O) groups is 1. The van der Waals surface area contributed by atoms with E-state index < -0.39 is 5.24 Å². The highest BCUT2D eigenvalue weighted by atomic mass is 35.5. The van der Waals surface area contributed by atoms with Gasteiger partial charge in [-0.2, -0.15) is 0 Å². The average molecular weight is 219 g/mol. The molecule has 0 aliphatic heterocycles. The van der Waals surface area contributed by atoms with E-state index in [0.717, 1.165) is 5.56 Å². The van der Waals surface area contributed by atoms with Crippen LogP contribution in [-0.2, 0) is 16.1 Å². The summed E-state index contributed by atoms with van der Waals surface area (Å²) in [6.07, 6.45) is 0. The van der Waals surface area contributed by atoms with E-state index >= 15 is 0 Å². The Bertz CT molecular complexity index is 282. The first-order valence-corrected chi connectivity index (χ1v) is 4.44. The molecule has 0 aliphatic rings. The van der Waals surface area contributed by atoms with Crippen LogP contribution in [0.1, 0.15) is 5.56 Å². The summed E-state index contributed by atoms with van der Waals surface area (Å²) in [7, 11) is 0. The third kappa shape index (κ3) is 4.27. The summed E-state index contributed by atoms with van der Waals surface area (Å²) in [6.45, 7) is 0.305. The third-order valence-corrected chi connectivity index (χ3v) is 1.76. The Balaban J connectivity index is 2.37. The molecule has 0 bridgehead atoms. The van der Waals surface area contributed by atoms with Gasteiger partial charge in [0, 0.05) is 5.02 Å². The molecule has 0 saturated carbocycles. The zero-order chi connectivity index (χ0) is 9.68. The molecule has 0 saturated heterocycles. The van der Waals surface area contributed by atoms with Crippen LogP contribution in [0.2, 0.25) is 5.02 Å². The highest BCUT2D eigenvalue weighted by Gasteiger charge is 1.97. The van der Waals surface area contributed by atoms with Gasteiger partial charge in [-0.05, 0) is 29.3 Å². The summed E-state index contributed by atoms with van der Waals surface area (Å²) in [5.74, 6) is 0. The fraction of sp³-hybridized carbons (Fsp3) is 0.222. The van der Waals surface area contributed by atoms with Gasteiger partial charge in [0.2, 0.25) is 5.24 Å². The smallest absolute Gasteiger partial charge is 0.247 e. The Kier molecular flexibility index (Phi) is 4.22. The Labute approximate surface area is 86.4 Å². The van der Waals surface area contributed by atoms with Crippen molar-refractivity contribution < 1.29 is 9.53 Å². The van der Waals surface area contributed by atoms with Gasteiger partial charge in [-0.25, -0.2) is 0 Å². The first-order valence-electron chi connectivity index (χ1n) is 3.69. The van der Waals surface area contributed by atoms with Crippen LogP contribution in [0.25, 0.3) is 0 Å². The van der Waals surface area contributed by atoms with Crippen LogP contribution in [0.15, 0.2) is 24.3 Å². The molecule has 13 heavy (non-hydrogen) atoms. The number of halogens is 2. The Morgan fingerprint density at radius 1 is 1.31 bits per heavy atom. The van der Waals surface area contributed by atoms with Crippen molar-refractivity contribution in [1.82, 2.24) is 0 Å². The molecular weight excluding hydrogens is 211 g/mol. The average Bonchev–Trinajstić information content (AvgIpc) is 2.08. The number of hydrogen-bond acceptors (Lipinski definition) is 2. The second-order valence-electron chi connectivity index (χ2n) is 2.47. The molecule has 2 nitrogen and oxygen atoms in total. The quantitative estimate of drug-likeness (QED) is 0.727. The molecule has 0 fully saturated rings. The van der Waals surface area contributed by atoms with E-state index in [-0.39, 0.29) is 6.61 Å². The minimum absolute atomic E-state index is 0.0653. The normalized spacial score (nSPS) is 10.0. The maximum absolute atomic E-state index is 10.3. The van der Waals surface area contributed by atoms with Gasteiger partial charge < -0.3 is 4.74 Å². The fourth-order valence-corrected chi connectivity index (χ4v) is 1.03. The minimum atomic E-state index is -0.492. The monoisotopic (exact) mass is 218 g/mol. The molecule has 70 valence electrons. The molecule has 0 aliphatic carbocycles. The molecule has 0 atom stereocenters. The van der Waals surface area contributed by atoms with E-state index in [1.165, 1.54) is 0 Å². The van der Waals surface area contributed by atoms with E-state index in [1.54, 1.807) is 12.1 Å². The lowest BCUT2D eigenvalue weighted by Gasteiger charge is -2.00.